The lowest BCUT2D eigenvalue weighted by atomic mass is 9.96. The predicted molar refractivity (Wildman–Crippen MR) is 88.3 cm³/mol. The number of benzene rings is 2. The fourth-order valence-electron chi connectivity index (χ4n) is 1.85. The SMILES string of the molecule is CC(C(=O)O)c1cccc(C(=O)c2ccccc2)c1.CC=C=O. The van der Waals surface area contributed by atoms with E-state index >= 15 is 0 Å². The van der Waals surface area contributed by atoms with Gasteiger partial charge in [0, 0.05) is 11.1 Å². The molecule has 4 heteroatoms. The number of aliphatic carboxylic acids is 1. The summed E-state index contributed by atoms with van der Waals surface area (Å²) in [5, 5.41) is 9.00. The summed E-state index contributed by atoms with van der Waals surface area (Å²) in [7, 11) is 0. The quantitative estimate of drug-likeness (QED) is 0.693. The fraction of sp³-hybridized carbons (Fsp3) is 0.158. The van der Waals surface area contributed by atoms with Crippen LogP contribution in [0.3, 0.4) is 0 Å². The molecule has 0 amide bonds. The van der Waals surface area contributed by atoms with Crippen LogP contribution in [-0.4, -0.2) is 22.8 Å². The summed E-state index contributed by atoms with van der Waals surface area (Å²) in [6.45, 7) is 3.24. The number of carbonyl (C=O) groups is 2. The maximum atomic E-state index is 12.2. The Labute approximate surface area is 135 Å². The predicted octanol–water partition coefficient (Wildman–Crippen LogP) is 3.50. The van der Waals surface area contributed by atoms with Crippen LogP contribution in [0.5, 0.6) is 0 Å². The van der Waals surface area contributed by atoms with Gasteiger partial charge in [-0.1, -0.05) is 48.5 Å². The molecule has 1 atom stereocenters. The number of allylic oxidation sites excluding steroid dienone is 1. The third-order valence-electron chi connectivity index (χ3n) is 3.17. The van der Waals surface area contributed by atoms with Gasteiger partial charge in [-0.05, 0) is 31.6 Å². The summed E-state index contributed by atoms with van der Waals surface area (Å²) in [4.78, 5) is 32.2. The van der Waals surface area contributed by atoms with Gasteiger partial charge in [0.05, 0.1) is 5.92 Å². The van der Waals surface area contributed by atoms with Crippen LogP contribution in [-0.2, 0) is 9.59 Å². The van der Waals surface area contributed by atoms with Crippen molar-refractivity contribution in [3.63, 3.8) is 0 Å². The lowest BCUT2D eigenvalue weighted by Gasteiger charge is -2.08. The van der Waals surface area contributed by atoms with Gasteiger partial charge in [0.25, 0.3) is 0 Å². The number of carbonyl (C=O) groups excluding carboxylic acids is 2. The Morgan fingerprint density at radius 1 is 1.04 bits per heavy atom. The van der Waals surface area contributed by atoms with Crippen LogP contribution >= 0.6 is 0 Å². The molecule has 2 rings (SSSR count). The van der Waals surface area contributed by atoms with Crippen LogP contribution in [0.25, 0.3) is 0 Å². The lowest BCUT2D eigenvalue weighted by Crippen LogP contribution is -2.09. The van der Waals surface area contributed by atoms with Gasteiger partial charge in [-0.15, -0.1) is 0 Å². The van der Waals surface area contributed by atoms with E-state index in [2.05, 4.69) is 0 Å². The molecule has 0 aromatic heterocycles. The molecule has 0 aliphatic carbocycles. The Bertz CT molecular complexity index is 713. The molecule has 2 aromatic rings. The molecule has 0 aliphatic heterocycles. The van der Waals surface area contributed by atoms with E-state index in [1.54, 1.807) is 68.3 Å². The van der Waals surface area contributed by atoms with Crippen LogP contribution < -0.4 is 0 Å². The zero-order valence-corrected chi connectivity index (χ0v) is 13.0. The Hall–Kier alpha value is -2.97. The summed E-state index contributed by atoms with van der Waals surface area (Å²) < 4.78 is 0. The fourth-order valence-corrected chi connectivity index (χ4v) is 1.85. The molecular weight excluding hydrogens is 292 g/mol. The highest BCUT2D eigenvalue weighted by atomic mass is 16.4. The van der Waals surface area contributed by atoms with Gasteiger partial charge in [0.1, 0.15) is 5.94 Å². The molecule has 0 fully saturated rings. The number of ketones is 1. The topological polar surface area (TPSA) is 71.4 Å². The van der Waals surface area contributed by atoms with E-state index in [0.29, 0.717) is 16.7 Å². The van der Waals surface area contributed by atoms with Gasteiger partial charge in [0.15, 0.2) is 5.78 Å². The van der Waals surface area contributed by atoms with E-state index in [1.165, 1.54) is 6.08 Å². The second kappa shape index (κ2) is 9.13. The molecule has 0 aliphatic rings. The van der Waals surface area contributed by atoms with Crippen molar-refractivity contribution in [2.24, 2.45) is 0 Å². The molecule has 0 saturated heterocycles. The van der Waals surface area contributed by atoms with Gasteiger partial charge in [0.2, 0.25) is 0 Å². The van der Waals surface area contributed by atoms with Crippen molar-refractivity contribution in [3.8, 4) is 0 Å². The number of hydrogen-bond donors (Lipinski definition) is 1. The summed E-state index contributed by atoms with van der Waals surface area (Å²) in [5.74, 6) is -0.0622. The minimum Gasteiger partial charge on any atom is -0.481 e. The van der Waals surface area contributed by atoms with E-state index < -0.39 is 11.9 Å². The van der Waals surface area contributed by atoms with Crippen LogP contribution in [0.4, 0.5) is 0 Å². The second-order valence-electron chi connectivity index (χ2n) is 4.79. The average Bonchev–Trinajstić information content (AvgIpc) is 2.61. The highest BCUT2D eigenvalue weighted by Crippen LogP contribution is 2.18. The molecule has 0 heterocycles. The van der Waals surface area contributed by atoms with Crippen molar-refractivity contribution in [2.75, 3.05) is 0 Å². The Morgan fingerprint density at radius 3 is 2.13 bits per heavy atom. The first-order valence-electron chi connectivity index (χ1n) is 7.09. The van der Waals surface area contributed by atoms with Crippen LogP contribution in [0.15, 0.2) is 60.7 Å². The van der Waals surface area contributed by atoms with Gasteiger partial charge >= 0.3 is 5.97 Å². The monoisotopic (exact) mass is 310 g/mol. The normalized spacial score (nSPS) is 10.5. The zero-order chi connectivity index (χ0) is 17.2. The molecular formula is C19H18O4. The molecule has 4 nitrogen and oxygen atoms in total. The molecule has 0 saturated carbocycles. The molecule has 23 heavy (non-hydrogen) atoms. The van der Waals surface area contributed by atoms with Gasteiger partial charge in [-0.2, -0.15) is 0 Å². The molecule has 118 valence electrons. The first-order valence-corrected chi connectivity index (χ1v) is 7.09. The van der Waals surface area contributed by atoms with E-state index in [-0.39, 0.29) is 5.78 Å². The number of rotatable bonds is 4. The highest BCUT2D eigenvalue weighted by molar-refractivity contribution is 6.09. The third kappa shape index (κ3) is 5.38. The van der Waals surface area contributed by atoms with Crippen molar-refractivity contribution < 1.29 is 19.5 Å². The minimum atomic E-state index is -0.899. The van der Waals surface area contributed by atoms with Crippen LogP contribution in [0, 0.1) is 0 Å². The summed E-state index contributed by atoms with van der Waals surface area (Å²) in [6.07, 6.45) is 1.32. The molecule has 0 spiro atoms. The molecule has 0 bridgehead atoms. The smallest absolute Gasteiger partial charge is 0.310 e. The molecule has 1 unspecified atom stereocenters. The third-order valence-corrected chi connectivity index (χ3v) is 3.17. The Balaban J connectivity index is 0.000000593. The first-order chi connectivity index (χ1) is 11.0. The highest BCUT2D eigenvalue weighted by Gasteiger charge is 2.16. The summed E-state index contributed by atoms with van der Waals surface area (Å²) in [6, 6.07) is 15.7. The van der Waals surface area contributed by atoms with Crippen LogP contribution in [0.1, 0.15) is 41.3 Å². The number of carboxylic acid groups (broad SMARTS) is 1. The van der Waals surface area contributed by atoms with Crippen molar-refractivity contribution in [1.29, 1.82) is 0 Å². The Morgan fingerprint density at radius 2 is 1.61 bits per heavy atom. The van der Waals surface area contributed by atoms with Gasteiger partial charge in [-0.3, -0.25) is 9.59 Å². The van der Waals surface area contributed by atoms with Crippen molar-refractivity contribution >= 4 is 17.7 Å². The standard InChI is InChI=1S/C16H14O3.C3H4O/c1-11(16(18)19)13-8-5-9-14(10-13)15(17)12-6-3-2-4-7-12;1-2-3-4/h2-11H,1H3,(H,18,19);2H,1H3. The van der Waals surface area contributed by atoms with Crippen molar-refractivity contribution in [1.82, 2.24) is 0 Å². The summed E-state index contributed by atoms with van der Waals surface area (Å²) >= 11 is 0. The van der Waals surface area contributed by atoms with E-state index in [1.807, 2.05) is 6.07 Å². The molecule has 2 aromatic carbocycles. The number of hydrogen-bond acceptors (Lipinski definition) is 3. The molecule has 0 radical (unpaired) electrons. The maximum Gasteiger partial charge on any atom is 0.310 e. The second-order valence-corrected chi connectivity index (χ2v) is 4.79. The van der Waals surface area contributed by atoms with Crippen molar-refractivity contribution in [2.45, 2.75) is 19.8 Å². The maximum absolute atomic E-state index is 12.2. The minimum absolute atomic E-state index is 0.0972. The van der Waals surface area contributed by atoms with Gasteiger partial charge < -0.3 is 5.11 Å². The van der Waals surface area contributed by atoms with E-state index in [0.717, 1.165) is 0 Å². The Kier molecular flexibility index (Phi) is 7.18. The zero-order valence-electron chi connectivity index (χ0n) is 13.0. The van der Waals surface area contributed by atoms with Crippen LogP contribution in [0.2, 0.25) is 0 Å². The summed E-state index contributed by atoms with van der Waals surface area (Å²) in [5.41, 5.74) is 1.74. The number of carboxylic acids is 1. The van der Waals surface area contributed by atoms with Crippen molar-refractivity contribution in [3.05, 3.63) is 77.4 Å². The van der Waals surface area contributed by atoms with E-state index in [9.17, 15) is 9.59 Å². The first kappa shape index (κ1) is 18.1. The van der Waals surface area contributed by atoms with Gasteiger partial charge in [-0.25, -0.2) is 4.79 Å². The van der Waals surface area contributed by atoms with E-state index in [4.69, 9.17) is 9.90 Å². The average molecular weight is 310 g/mol. The largest absolute Gasteiger partial charge is 0.481 e. The molecule has 1 N–H and O–H groups in total. The lowest BCUT2D eigenvalue weighted by molar-refractivity contribution is -0.138.